The van der Waals surface area contributed by atoms with Crippen molar-refractivity contribution >= 4 is 47.3 Å². The third kappa shape index (κ3) is 306. The third-order valence-electron chi connectivity index (χ3n) is 12.9. The number of hydrogen-bond acceptors (Lipinski definition) is 16. The molecule has 0 bridgehead atoms. The van der Waals surface area contributed by atoms with Crippen LogP contribution >= 0.6 is 0 Å². The molecule has 904 valence electrons. The fourth-order valence-corrected chi connectivity index (χ4v) is 6.80. The maximum atomic E-state index is 11.3. The van der Waals surface area contributed by atoms with E-state index in [2.05, 4.69) is 209 Å². The smallest absolute Gasteiger partial charge is 0.246 e. The van der Waals surface area contributed by atoms with Crippen molar-refractivity contribution in [2.75, 3.05) is 132 Å². The summed E-state index contributed by atoms with van der Waals surface area (Å²) in [7, 11) is 0. The summed E-state index contributed by atoms with van der Waals surface area (Å²) in [6.45, 7) is 77.1. The molecule has 8 amide bonds. The second-order valence-corrected chi connectivity index (χ2v) is 33.2. The van der Waals surface area contributed by atoms with Crippen molar-refractivity contribution in [1.82, 2.24) is 42.5 Å². The van der Waals surface area contributed by atoms with E-state index in [0.29, 0.717) is 149 Å². The highest BCUT2D eigenvalue weighted by Gasteiger charge is 2.10. The van der Waals surface area contributed by atoms with Crippen LogP contribution in [0.25, 0.3) is 0 Å². The lowest BCUT2D eigenvalue weighted by Crippen LogP contribution is -2.31. The molecule has 0 aliphatic heterocycles. The van der Waals surface area contributed by atoms with E-state index in [1.54, 1.807) is 0 Å². The Kier molecular flexibility index (Phi) is 370. The summed E-state index contributed by atoms with van der Waals surface area (Å²) in [5.41, 5.74) is 0. The molecule has 0 aromatic rings. The van der Waals surface area contributed by atoms with Crippen LogP contribution in [-0.2, 0) is 76.3 Å². The number of rotatable bonds is 52. The van der Waals surface area contributed by atoms with Crippen molar-refractivity contribution in [3.05, 3.63) is 0 Å². The number of hydrogen-bond donors (Lipinski definition) is 8. The largest absolute Gasteiger partial charge is 0.379 e. The summed E-state index contributed by atoms with van der Waals surface area (Å²) in [5.74, 6) is 7.11. The van der Waals surface area contributed by atoms with Gasteiger partial charge in [-0.3, -0.25) is 38.4 Å². The van der Waals surface area contributed by atoms with Crippen LogP contribution in [0.3, 0.4) is 0 Å². The number of carbonyl (C=O) groups excluding carboxylic acids is 8. The van der Waals surface area contributed by atoms with Gasteiger partial charge in [-0.15, -0.1) is 0 Å². The molecule has 0 aliphatic rings. The monoisotopic (exact) mass is 2070 g/mol. The summed E-state index contributed by atoms with van der Waals surface area (Å²) in [5, 5.41) is 22.5. The van der Waals surface area contributed by atoms with Crippen LogP contribution in [0.15, 0.2) is 0 Å². The highest BCUT2D eigenvalue weighted by molar-refractivity contribution is 5.79. The van der Waals surface area contributed by atoms with Crippen molar-refractivity contribution < 1.29 is 76.3 Å². The molecule has 0 radical (unpaired) electrons. The Morgan fingerprint density at radius 3 is 0.407 bits per heavy atom. The topological polar surface area (TPSA) is 307 Å². The van der Waals surface area contributed by atoms with Gasteiger partial charge in [0.1, 0.15) is 26.4 Å². The van der Waals surface area contributed by atoms with E-state index in [0.717, 1.165) is 78.3 Å². The summed E-state index contributed by atoms with van der Waals surface area (Å²) in [6, 6.07) is 0. The molecular formula is C116H304N8O16. The van der Waals surface area contributed by atoms with E-state index >= 15 is 0 Å². The standard InChI is InChI=1S/2C12H25NO2.2C11H23NO3.2C10H21NO.2C9H19NO2.32CH4/c2*1-10(2)5-6-12(14)13-7-8-15-9-11(3)4;2*1-9(2)7-14-6-5-12-11(13)8-15-10(3)4;2*1-8(2)5-6-10(12)11-7-9(3)4;2*1-7(2)5-10-9(11)6-12-8(3)4;;;;;;;;;;;;;;;;;;;;;;;;;;;;;;;;/h2*10-11H,5-9H2,1-4H3,(H,13,14);2*9-10H,5-8H2,1-4H3,(H,12,13);2*8-9H,5-7H2,1-4H3,(H,11,12);2*7-8H,5-6H2,1-4H3,(H,10,11);32*1H4. The van der Waals surface area contributed by atoms with Crippen LogP contribution in [0.4, 0.5) is 0 Å². The number of carbonyl (C=O) groups is 8. The molecule has 140 heavy (non-hydrogen) atoms. The highest BCUT2D eigenvalue weighted by Crippen LogP contribution is 2.06. The number of ether oxygens (including phenoxy) is 8. The Labute approximate surface area is 899 Å². The zero-order chi connectivity index (χ0) is 85.0. The molecule has 0 saturated carbocycles. The van der Waals surface area contributed by atoms with Gasteiger partial charge in [-0.2, -0.15) is 0 Å². The summed E-state index contributed by atoms with van der Waals surface area (Å²) in [6.07, 6.45) is 6.91. The first-order chi connectivity index (χ1) is 50.2. The van der Waals surface area contributed by atoms with E-state index < -0.39 is 0 Å². The fraction of sp³-hybridized carbons (Fsp3) is 0.931. The van der Waals surface area contributed by atoms with Gasteiger partial charge in [0.25, 0.3) is 0 Å². The molecular weight excluding hydrogens is 1760 g/mol. The van der Waals surface area contributed by atoms with E-state index in [1.165, 1.54) is 0 Å². The van der Waals surface area contributed by atoms with Crippen molar-refractivity contribution in [2.24, 2.45) is 71.0 Å². The van der Waals surface area contributed by atoms with E-state index in [-0.39, 0.29) is 336 Å². The minimum atomic E-state index is -0.0863. The van der Waals surface area contributed by atoms with Gasteiger partial charge in [0.15, 0.2) is 0 Å². The first-order valence-corrected chi connectivity index (χ1v) is 41.1. The molecule has 0 fully saturated rings. The van der Waals surface area contributed by atoms with Crippen LogP contribution < -0.4 is 42.5 Å². The van der Waals surface area contributed by atoms with Gasteiger partial charge in [-0.1, -0.05) is 404 Å². The average molecular weight is 2070 g/mol. The Hall–Kier alpha value is -4.56. The summed E-state index contributed by atoms with van der Waals surface area (Å²) >= 11 is 0. The van der Waals surface area contributed by atoms with E-state index in [1.807, 2.05) is 55.4 Å². The van der Waals surface area contributed by atoms with Crippen molar-refractivity contribution in [1.29, 1.82) is 0 Å². The van der Waals surface area contributed by atoms with Crippen molar-refractivity contribution in [2.45, 2.75) is 535 Å². The predicted molar refractivity (Wildman–Crippen MR) is 662 cm³/mol. The Bertz CT molecular complexity index is 1710. The van der Waals surface area contributed by atoms with Crippen LogP contribution in [0, 0.1) is 71.0 Å². The highest BCUT2D eigenvalue weighted by atomic mass is 16.5. The molecule has 0 spiro atoms. The molecule has 24 nitrogen and oxygen atoms in total. The van der Waals surface area contributed by atoms with Gasteiger partial charge in [0, 0.05) is 104 Å². The predicted octanol–water partition coefficient (Wildman–Crippen LogP) is 33.9. The second kappa shape index (κ2) is 193. The van der Waals surface area contributed by atoms with Crippen LogP contribution in [0.1, 0.15) is 511 Å². The molecule has 0 rings (SSSR count). The molecule has 0 heterocycles. The third-order valence-corrected chi connectivity index (χ3v) is 12.9. The van der Waals surface area contributed by atoms with E-state index in [9.17, 15) is 38.4 Å². The lowest BCUT2D eigenvalue weighted by Gasteiger charge is -2.09. The summed E-state index contributed by atoms with van der Waals surface area (Å²) in [4.78, 5) is 89.2. The minimum absolute atomic E-state index is 0. The maximum Gasteiger partial charge on any atom is 0.246 e. The zero-order valence-corrected chi connectivity index (χ0v) is 75.6. The molecule has 0 atom stereocenters. The average Bonchev–Trinajstić information content (AvgIpc) is 1.03. The number of nitrogens with one attached hydrogen (secondary N) is 8. The quantitative estimate of drug-likeness (QED) is 0.0263. The Morgan fingerprint density at radius 2 is 0.286 bits per heavy atom. The van der Waals surface area contributed by atoms with Crippen LogP contribution in [-0.4, -0.2) is 203 Å². The molecule has 0 aromatic heterocycles. The maximum absolute atomic E-state index is 11.3. The SMILES string of the molecule is C.C.C.C.C.C.C.C.C.C.C.C.C.C.C.C.C.C.C.C.C.C.C.C.C.C.C.C.C.C.C.C.CC(C)CCC(=O)NCC(C)C.CC(C)CCC(=O)NCC(C)C.CC(C)CCC(=O)NCCOCC(C)C.CC(C)CCC(=O)NCCOCC(C)C.CC(C)CNC(=O)COC(C)C.CC(C)CNC(=O)COC(C)C.CC(C)COCCNC(=O)COC(C)C.CC(C)COCCNC(=O)COC(C)C. The van der Waals surface area contributed by atoms with Gasteiger partial charge in [-0.25, -0.2) is 0 Å². The van der Waals surface area contributed by atoms with Gasteiger partial charge in [-0.05, 0) is 152 Å². The normalized spacial score (nSPS) is 8.46. The van der Waals surface area contributed by atoms with Crippen LogP contribution in [0.5, 0.6) is 0 Å². The first kappa shape index (κ1) is 269. The van der Waals surface area contributed by atoms with Crippen LogP contribution in [0.2, 0.25) is 0 Å². The zero-order valence-electron chi connectivity index (χ0n) is 75.6. The first-order valence-electron chi connectivity index (χ1n) is 41.1. The molecule has 0 saturated heterocycles. The van der Waals surface area contributed by atoms with Crippen molar-refractivity contribution in [3.63, 3.8) is 0 Å². The lowest BCUT2D eigenvalue weighted by atomic mass is 10.1. The van der Waals surface area contributed by atoms with Crippen molar-refractivity contribution in [3.8, 4) is 0 Å². The van der Waals surface area contributed by atoms with Gasteiger partial charge in [0.2, 0.25) is 47.3 Å². The number of amides is 8. The lowest BCUT2D eigenvalue weighted by molar-refractivity contribution is -0.128. The molecule has 8 N–H and O–H groups in total. The molecule has 0 aliphatic carbocycles. The van der Waals surface area contributed by atoms with Gasteiger partial charge in [0.05, 0.1) is 50.8 Å². The molecule has 0 unspecified atom stereocenters. The fourth-order valence-electron chi connectivity index (χ4n) is 6.80. The van der Waals surface area contributed by atoms with Gasteiger partial charge < -0.3 is 80.4 Å². The summed E-state index contributed by atoms with van der Waals surface area (Å²) < 4.78 is 41.9. The Balaban J connectivity index is -0.0000000208. The Morgan fingerprint density at radius 1 is 0.164 bits per heavy atom. The van der Waals surface area contributed by atoms with E-state index in [4.69, 9.17) is 37.9 Å². The molecule has 24 heteroatoms. The van der Waals surface area contributed by atoms with Gasteiger partial charge >= 0.3 is 0 Å². The minimum Gasteiger partial charge on any atom is -0.379 e. The second-order valence-electron chi connectivity index (χ2n) is 33.2. The molecule has 0 aromatic carbocycles.